The van der Waals surface area contributed by atoms with Crippen LogP contribution in [0.5, 0.6) is 0 Å². The second-order valence-corrected chi connectivity index (χ2v) is 10.3. The summed E-state index contributed by atoms with van der Waals surface area (Å²) in [4.78, 5) is 5.67. The van der Waals surface area contributed by atoms with E-state index in [2.05, 4.69) is 41.3 Å². The Morgan fingerprint density at radius 1 is 1.10 bits per heavy atom. The molecular formula is C24H29N3O2S. The molecule has 1 aliphatic heterocycles. The zero-order valence-electron chi connectivity index (χ0n) is 17.6. The lowest BCUT2D eigenvalue weighted by Crippen LogP contribution is -2.29. The molecule has 4 rings (SSSR count). The number of hydrogen-bond donors (Lipinski definition) is 1. The molecule has 0 saturated carbocycles. The van der Waals surface area contributed by atoms with Gasteiger partial charge in [-0.1, -0.05) is 42.5 Å². The average Bonchev–Trinajstić information content (AvgIpc) is 3.17. The van der Waals surface area contributed by atoms with Gasteiger partial charge in [-0.05, 0) is 48.7 Å². The number of nitrogens with one attached hydrogen (secondary N) is 1. The van der Waals surface area contributed by atoms with Gasteiger partial charge in [0.1, 0.15) is 0 Å². The third-order valence-corrected chi connectivity index (χ3v) is 7.67. The van der Waals surface area contributed by atoms with Crippen LogP contribution in [0, 0.1) is 0 Å². The van der Waals surface area contributed by atoms with E-state index in [0.29, 0.717) is 13.0 Å². The number of fused-ring (bicyclic) bond motifs is 1. The van der Waals surface area contributed by atoms with Crippen LogP contribution in [0.15, 0.2) is 60.8 Å². The topological polar surface area (TPSA) is 56.4 Å². The molecule has 0 aliphatic carbocycles. The van der Waals surface area contributed by atoms with Crippen molar-refractivity contribution in [2.45, 2.75) is 19.4 Å². The second kappa shape index (κ2) is 8.76. The van der Waals surface area contributed by atoms with Crippen LogP contribution in [0.1, 0.15) is 23.1 Å². The van der Waals surface area contributed by atoms with Gasteiger partial charge in [0.05, 0.1) is 5.75 Å². The van der Waals surface area contributed by atoms with Gasteiger partial charge < -0.3 is 9.88 Å². The largest absolute Gasteiger partial charge is 0.361 e. The van der Waals surface area contributed by atoms with Gasteiger partial charge in [0.25, 0.3) is 0 Å². The van der Waals surface area contributed by atoms with Crippen LogP contribution >= 0.6 is 0 Å². The molecule has 1 aliphatic rings. The molecule has 0 radical (unpaired) electrons. The third kappa shape index (κ3) is 4.67. The van der Waals surface area contributed by atoms with Crippen molar-refractivity contribution in [3.63, 3.8) is 0 Å². The van der Waals surface area contributed by atoms with Crippen molar-refractivity contribution in [1.29, 1.82) is 0 Å². The Bertz CT molecular complexity index is 1150. The first kappa shape index (κ1) is 20.8. The molecule has 158 valence electrons. The third-order valence-electron chi connectivity index (χ3n) is 5.88. The number of nitrogens with zero attached hydrogens (tertiary/aromatic N) is 2. The maximum absolute atomic E-state index is 12.8. The van der Waals surface area contributed by atoms with E-state index in [1.165, 1.54) is 20.8 Å². The highest BCUT2D eigenvalue weighted by Crippen LogP contribution is 2.30. The number of benzene rings is 2. The number of sulfonamides is 1. The molecule has 0 bridgehead atoms. The number of aromatic nitrogens is 1. The minimum absolute atomic E-state index is 0.106. The van der Waals surface area contributed by atoms with Crippen LogP contribution in [0.3, 0.4) is 0 Å². The Balaban J connectivity index is 1.48. The lowest BCUT2D eigenvalue weighted by Gasteiger charge is -2.21. The predicted octanol–water partition coefficient (Wildman–Crippen LogP) is 3.89. The maximum atomic E-state index is 12.8. The summed E-state index contributed by atoms with van der Waals surface area (Å²) in [5.74, 6) is 0.106. The van der Waals surface area contributed by atoms with Crippen molar-refractivity contribution in [3.05, 3.63) is 77.5 Å². The van der Waals surface area contributed by atoms with Crippen molar-refractivity contribution in [1.82, 2.24) is 14.2 Å². The van der Waals surface area contributed by atoms with Gasteiger partial charge in [0.2, 0.25) is 10.0 Å². The van der Waals surface area contributed by atoms with Gasteiger partial charge in [-0.25, -0.2) is 12.7 Å². The van der Waals surface area contributed by atoms with Gasteiger partial charge >= 0.3 is 0 Å². The summed E-state index contributed by atoms with van der Waals surface area (Å²) in [5, 5.41) is 1.18. The van der Waals surface area contributed by atoms with Gasteiger partial charge in [0.15, 0.2) is 0 Å². The Kier molecular flexibility index (Phi) is 6.09. The SMILES string of the molecule is CN1CC=C(c2c[nH]c3ccc(CCS(=O)(=O)N(C)Cc4ccccc4)cc23)CC1. The summed E-state index contributed by atoms with van der Waals surface area (Å²) in [5.41, 5.74) is 5.75. The zero-order chi connectivity index (χ0) is 21.1. The molecule has 2 heterocycles. The summed E-state index contributed by atoms with van der Waals surface area (Å²) in [6.07, 6.45) is 5.91. The molecular weight excluding hydrogens is 394 g/mol. The summed E-state index contributed by atoms with van der Waals surface area (Å²) in [6.45, 7) is 2.42. The van der Waals surface area contributed by atoms with Crippen molar-refractivity contribution < 1.29 is 8.42 Å². The Morgan fingerprint density at radius 2 is 1.90 bits per heavy atom. The van der Waals surface area contributed by atoms with Gasteiger partial charge in [-0.3, -0.25) is 0 Å². The first-order chi connectivity index (χ1) is 14.4. The number of likely N-dealkylation sites (N-methyl/N-ethyl adjacent to an activating group) is 1. The van der Waals surface area contributed by atoms with E-state index in [1.54, 1.807) is 7.05 Å². The van der Waals surface area contributed by atoms with E-state index in [9.17, 15) is 8.42 Å². The molecule has 0 fully saturated rings. The quantitative estimate of drug-likeness (QED) is 0.627. The summed E-state index contributed by atoms with van der Waals surface area (Å²) in [7, 11) is 0.465. The Labute approximate surface area is 179 Å². The van der Waals surface area contributed by atoms with Crippen molar-refractivity contribution in [2.75, 3.05) is 32.9 Å². The highest BCUT2D eigenvalue weighted by atomic mass is 32.2. The highest BCUT2D eigenvalue weighted by molar-refractivity contribution is 7.89. The van der Waals surface area contributed by atoms with Crippen molar-refractivity contribution in [2.24, 2.45) is 0 Å². The summed E-state index contributed by atoms with van der Waals surface area (Å²) >= 11 is 0. The summed E-state index contributed by atoms with van der Waals surface area (Å²) in [6, 6.07) is 15.9. The molecule has 2 aromatic carbocycles. The van der Waals surface area contributed by atoms with E-state index in [-0.39, 0.29) is 5.75 Å². The van der Waals surface area contributed by atoms with Gasteiger partial charge in [0, 0.05) is 49.3 Å². The molecule has 0 saturated heterocycles. The standard InChI is InChI=1S/C24H29N3O2S/c1-26-13-10-21(11-14-26)23-17-25-24-9-8-19(16-22(23)24)12-15-30(28,29)27(2)18-20-6-4-3-5-7-20/h3-10,16-17,25H,11-15,18H2,1-2H3. The average molecular weight is 424 g/mol. The van der Waals surface area contributed by atoms with E-state index < -0.39 is 10.0 Å². The fourth-order valence-corrected chi connectivity index (χ4v) is 5.10. The van der Waals surface area contributed by atoms with E-state index in [0.717, 1.165) is 36.2 Å². The minimum atomic E-state index is -3.32. The lowest BCUT2D eigenvalue weighted by atomic mass is 9.98. The van der Waals surface area contributed by atoms with Crippen LogP contribution < -0.4 is 0 Å². The van der Waals surface area contributed by atoms with Crippen LogP contribution in [0.2, 0.25) is 0 Å². The van der Waals surface area contributed by atoms with E-state index in [1.807, 2.05) is 36.4 Å². The second-order valence-electron chi connectivity index (χ2n) is 8.13. The molecule has 0 atom stereocenters. The maximum Gasteiger partial charge on any atom is 0.214 e. The first-order valence-electron chi connectivity index (χ1n) is 10.4. The van der Waals surface area contributed by atoms with Crippen LogP contribution in [-0.4, -0.2) is 55.5 Å². The minimum Gasteiger partial charge on any atom is -0.361 e. The van der Waals surface area contributed by atoms with E-state index >= 15 is 0 Å². The molecule has 0 unspecified atom stereocenters. The highest BCUT2D eigenvalue weighted by Gasteiger charge is 2.19. The molecule has 0 spiro atoms. The smallest absolute Gasteiger partial charge is 0.214 e. The molecule has 1 aromatic heterocycles. The van der Waals surface area contributed by atoms with Crippen molar-refractivity contribution in [3.8, 4) is 0 Å². The number of hydrogen-bond acceptors (Lipinski definition) is 3. The van der Waals surface area contributed by atoms with Crippen molar-refractivity contribution >= 4 is 26.5 Å². The fraction of sp³-hybridized carbons (Fsp3) is 0.333. The van der Waals surface area contributed by atoms with Crippen LogP contribution in [0.4, 0.5) is 0 Å². The molecule has 6 heteroatoms. The normalized spacial score (nSPS) is 15.6. The molecule has 5 nitrogen and oxygen atoms in total. The molecule has 1 N–H and O–H groups in total. The molecule has 0 amide bonds. The molecule has 3 aromatic rings. The number of aryl methyl sites for hydroxylation is 1. The summed E-state index contributed by atoms with van der Waals surface area (Å²) < 4.78 is 27.0. The number of aromatic amines is 1. The zero-order valence-corrected chi connectivity index (χ0v) is 18.5. The lowest BCUT2D eigenvalue weighted by molar-refractivity contribution is 0.370. The first-order valence-corrected chi connectivity index (χ1v) is 12.0. The Hall–Kier alpha value is -2.41. The number of rotatable bonds is 7. The fourth-order valence-electron chi connectivity index (χ4n) is 3.95. The number of H-pyrrole nitrogens is 1. The van der Waals surface area contributed by atoms with Gasteiger partial charge in [-0.15, -0.1) is 0 Å². The molecule has 30 heavy (non-hydrogen) atoms. The predicted molar refractivity (Wildman–Crippen MR) is 124 cm³/mol. The van der Waals surface area contributed by atoms with Gasteiger partial charge in [-0.2, -0.15) is 0 Å². The van der Waals surface area contributed by atoms with Crippen LogP contribution in [0.25, 0.3) is 16.5 Å². The Morgan fingerprint density at radius 3 is 2.63 bits per heavy atom. The van der Waals surface area contributed by atoms with Crippen LogP contribution in [-0.2, 0) is 23.0 Å². The monoisotopic (exact) mass is 423 g/mol. The van der Waals surface area contributed by atoms with E-state index in [4.69, 9.17) is 0 Å².